The van der Waals surface area contributed by atoms with E-state index < -0.39 is 0 Å². The second-order valence-corrected chi connectivity index (χ2v) is 4.30. The molecule has 0 bridgehead atoms. The molecule has 1 saturated carbocycles. The van der Waals surface area contributed by atoms with Crippen LogP contribution in [-0.4, -0.2) is 25.5 Å². The zero-order chi connectivity index (χ0) is 10.4. The zero-order valence-electron chi connectivity index (χ0n) is 9.31. The van der Waals surface area contributed by atoms with Gasteiger partial charge in [-0.2, -0.15) is 0 Å². The van der Waals surface area contributed by atoms with E-state index in [0.29, 0.717) is 6.54 Å². The minimum atomic E-state index is 0.120. The molecule has 0 aliphatic heterocycles. The molecule has 1 unspecified atom stereocenters. The Morgan fingerprint density at radius 1 is 1.50 bits per heavy atom. The van der Waals surface area contributed by atoms with Crippen molar-refractivity contribution in [2.24, 2.45) is 11.8 Å². The fourth-order valence-corrected chi connectivity index (χ4v) is 1.57. The van der Waals surface area contributed by atoms with Crippen molar-refractivity contribution in [1.82, 2.24) is 10.6 Å². The SMILES string of the molecule is CCCNC(=O)CNCC(C)C1CC1. The van der Waals surface area contributed by atoms with Gasteiger partial charge >= 0.3 is 0 Å². The van der Waals surface area contributed by atoms with Crippen molar-refractivity contribution in [1.29, 1.82) is 0 Å². The molecule has 2 N–H and O–H groups in total. The fraction of sp³-hybridized carbons (Fsp3) is 0.909. The molecule has 3 nitrogen and oxygen atoms in total. The molecule has 82 valence electrons. The Balaban J connectivity index is 1.94. The lowest BCUT2D eigenvalue weighted by Gasteiger charge is -2.11. The molecule has 0 saturated heterocycles. The van der Waals surface area contributed by atoms with Crippen molar-refractivity contribution in [3.05, 3.63) is 0 Å². The maximum absolute atomic E-state index is 11.2. The second-order valence-electron chi connectivity index (χ2n) is 4.30. The Hall–Kier alpha value is -0.570. The Kier molecular flexibility index (Phi) is 4.94. The number of hydrogen-bond acceptors (Lipinski definition) is 2. The van der Waals surface area contributed by atoms with E-state index in [1.165, 1.54) is 12.8 Å². The van der Waals surface area contributed by atoms with Crippen LogP contribution in [0, 0.1) is 11.8 Å². The molecule has 14 heavy (non-hydrogen) atoms. The molecular formula is C11H22N2O. The number of rotatable bonds is 7. The molecule has 0 radical (unpaired) electrons. The fourth-order valence-electron chi connectivity index (χ4n) is 1.57. The summed E-state index contributed by atoms with van der Waals surface area (Å²) in [5.74, 6) is 1.77. The van der Waals surface area contributed by atoms with E-state index in [0.717, 1.165) is 31.3 Å². The molecule has 1 amide bonds. The average Bonchev–Trinajstić information content (AvgIpc) is 2.97. The monoisotopic (exact) mass is 198 g/mol. The number of carbonyl (C=O) groups excluding carboxylic acids is 1. The van der Waals surface area contributed by atoms with E-state index in [2.05, 4.69) is 24.5 Å². The first-order valence-corrected chi connectivity index (χ1v) is 5.71. The van der Waals surface area contributed by atoms with E-state index in [9.17, 15) is 4.79 Å². The first-order chi connectivity index (χ1) is 6.74. The summed E-state index contributed by atoms with van der Waals surface area (Å²) in [6, 6.07) is 0. The first kappa shape index (κ1) is 11.5. The predicted octanol–water partition coefficient (Wildman–Crippen LogP) is 1.15. The minimum absolute atomic E-state index is 0.120. The summed E-state index contributed by atoms with van der Waals surface area (Å²) in [5, 5.41) is 6.05. The van der Waals surface area contributed by atoms with Gasteiger partial charge in [-0.25, -0.2) is 0 Å². The standard InChI is InChI=1S/C11H22N2O/c1-3-6-13-11(14)8-12-7-9(2)10-4-5-10/h9-10,12H,3-8H2,1-2H3,(H,13,14). The summed E-state index contributed by atoms with van der Waals surface area (Å²) in [6.07, 6.45) is 3.76. The molecule has 1 aliphatic rings. The van der Waals surface area contributed by atoms with Crippen LogP contribution in [0.1, 0.15) is 33.1 Å². The molecule has 1 rings (SSSR count). The van der Waals surface area contributed by atoms with Gasteiger partial charge in [0.2, 0.25) is 5.91 Å². The Morgan fingerprint density at radius 3 is 2.79 bits per heavy atom. The molecule has 0 aromatic rings. The molecule has 0 aromatic carbocycles. The van der Waals surface area contributed by atoms with E-state index in [1.807, 2.05) is 0 Å². The highest BCUT2D eigenvalue weighted by molar-refractivity contribution is 5.77. The molecule has 0 aromatic heterocycles. The van der Waals surface area contributed by atoms with Gasteiger partial charge in [0.1, 0.15) is 0 Å². The van der Waals surface area contributed by atoms with Gasteiger partial charge in [0.15, 0.2) is 0 Å². The van der Waals surface area contributed by atoms with E-state index in [4.69, 9.17) is 0 Å². The quantitative estimate of drug-likeness (QED) is 0.644. The van der Waals surface area contributed by atoms with Gasteiger partial charge in [-0.1, -0.05) is 13.8 Å². The number of carbonyl (C=O) groups is 1. The van der Waals surface area contributed by atoms with Crippen molar-refractivity contribution >= 4 is 5.91 Å². The first-order valence-electron chi connectivity index (χ1n) is 5.71. The van der Waals surface area contributed by atoms with Crippen LogP contribution in [-0.2, 0) is 4.79 Å². The maximum Gasteiger partial charge on any atom is 0.233 e. The van der Waals surface area contributed by atoms with Gasteiger partial charge in [0, 0.05) is 6.54 Å². The summed E-state index contributed by atoms with van der Waals surface area (Å²) < 4.78 is 0. The Labute approximate surface area is 86.6 Å². The Bertz CT molecular complexity index is 178. The average molecular weight is 198 g/mol. The zero-order valence-corrected chi connectivity index (χ0v) is 9.31. The summed E-state index contributed by atoms with van der Waals surface area (Å²) in [7, 11) is 0. The van der Waals surface area contributed by atoms with E-state index >= 15 is 0 Å². The van der Waals surface area contributed by atoms with Crippen LogP contribution in [0.25, 0.3) is 0 Å². The summed E-state index contributed by atoms with van der Waals surface area (Å²) in [5.41, 5.74) is 0. The summed E-state index contributed by atoms with van der Waals surface area (Å²) >= 11 is 0. The maximum atomic E-state index is 11.2. The third-order valence-corrected chi connectivity index (χ3v) is 2.75. The van der Waals surface area contributed by atoms with Crippen molar-refractivity contribution in [3.63, 3.8) is 0 Å². The molecule has 1 fully saturated rings. The number of hydrogen-bond donors (Lipinski definition) is 2. The third-order valence-electron chi connectivity index (χ3n) is 2.75. The molecule has 0 spiro atoms. The highest BCUT2D eigenvalue weighted by atomic mass is 16.1. The number of nitrogens with one attached hydrogen (secondary N) is 2. The van der Waals surface area contributed by atoms with Gasteiger partial charge in [0.05, 0.1) is 6.54 Å². The highest BCUT2D eigenvalue weighted by Gasteiger charge is 2.27. The van der Waals surface area contributed by atoms with Crippen LogP contribution >= 0.6 is 0 Å². The van der Waals surface area contributed by atoms with Crippen LogP contribution < -0.4 is 10.6 Å². The van der Waals surface area contributed by atoms with Gasteiger partial charge in [-0.3, -0.25) is 4.79 Å². The highest BCUT2D eigenvalue weighted by Crippen LogP contribution is 2.35. The largest absolute Gasteiger partial charge is 0.355 e. The predicted molar refractivity (Wildman–Crippen MR) is 58.1 cm³/mol. The minimum Gasteiger partial charge on any atom is -0.355 e. The lowest BCUT2D eigenvalue weighted by atomic mass is 10.1. The molecular weight excluding hydrogens is 176 g/mol. The van der Waals surface area contributed by atoms with Crippen molar-refractivity contribution in [2.75, 3.05) is 19.6 Å². The van der Waals surface area contributed by atoms with Crippen LogP contribution in [0.4, 0.5) is 0 Å². The second kappa shape index (κ2) is 6.02. The molecule has 1 atom stereocenters. The lowest BCUT2D eigenvalue weighted by molar-refractivity contribution is -0.120. The normalized spacial score (nSPS) is 17.9. The van der Waals surface area contributed by atoms with Crippen molar-refractivity contribution in [2.45, 2.75) is 33.1 Å². The van der Waals surface area contributed by atoms with Crippen LogP contribution in [0.5, 0.6) is 0 Å². The van der Waals surface area contributed by atoms with Gasteiger partial charge in [-0.05, 0) is 37.6 Å². The van der Waals surface area contributed by atoms with E-state index in [-0.39, 0.29) is 5.91 Å². The molecule has 3 heteroatoms. The lowest BCUT2D eigenvalue weighted by Crippen LogP contribution is -2.36. The van der Waals surface area contributed by atoms with Crippen LogP contribution in [0.2, 0.25) is 0 Å². The molecule has 1 aliphatic carbocycles. The van der Waals surface area contributed by atoms with Crippen molar-refractivity contribution < 1.29 is 4.79 Å². The third kappa shape index (κ3) is 4.61. The topological polar surface area (TPSA) is 41.1 Å². The smallest absolute Gasteiger partial charge is 0.233 e. The van der Waals surface area contributed by atoms with Crippen LogP contribution in [0.15, 0.2) is 0 Å². The van der Waals surface area contributed by atoms with E-state index in [1.54, 1.807) is 0 Å². The van der Waals surface area contributed by atoms with Crippen molar-refractivity contribution in [3.8, 4) is 0 Å². The summed E-state index contributed by atoms with van der Waals surface area (Å²) in [4.78, 5) is 11.2. The van der Waals surface area contributed by atoms with Gasteiger partial charge in [0.25, 0.3) is 0 Å². The van der Waals surface area contributed by atoms with Gasteiger partial charge in [-0.15, -0.1) is 0 Å². The van der Waals surface area contributed by atoms with Crippen LogP contribution in [0.3, 0.4) is 0 Å². The van der Waals surface area contributed by atoms with Gasteiger partial charge < -0.3 is 10.6 Å². The number of amides is 1. The Morgan fingerprint density at radius 2 is 2.21 bits per heavy atom. The molecule has 0 heterocycles. The summed E-state index contributed by atoms with van der Waals surface area (Å²) in [6.45, 7) is 6.55.